The van der Waals surface area contributed by atoms with Crippen LogP contribution in [0.1, 0.15) is 66.7 Å². The molecular formula is C15H29N. The highest BCUT2D eigenvalue weighted by molar-refractivity contribution is 5.01. The molecule has 3 atom stereocenters. The third-order valence-corrected chi connectivity index (χ3v) is 4.46. The van der Waals surface area contributed by atoms with Gasteiger partial charge in [0.15, 0.2) is 0 Å². The summed E-state index contributed by atoms with van der Waals surface area (Å²) in [6, 6.07) is 1.76. The van der Waals surface area contributed by atoms with Gasteiger partial charge in [0.2, 0.25) is 0 Å². The molecule has 1 saturated heterocycles. The first-order valence-corrected chi connectivity index (χ1v) is 7.18. The summed E-state index contributed by atoms with van der Waals surface area (Å²) >= 11 is 0. The van der Waals surface area contributed by atoms with Crippen molar-refractivity contribution in [3.8, 4) is 0 Å². The molecule has 0 aromatic heterocycles. The van der Waals surface area contributed by atoms with Crippen LogP contribution in [-0.4, -0.2) is 22.5 Å². The standard InChI is InChI=1S/C15H29N/c1-11(2)9-13-10-12-7-6-8-14(12)16(13)15(3,4)5/h11-14H,6-10H2,1-5H3. The molecule has 2 aliphatic rings. The number of likely N-dealkylation sites (tertiary alicyclic amines) is 1. The average molecular weight is 223 g/mol. The molecule has 0 amide bonds. The molecule has 0 aromatic rings. The second-order valence-corrected chi connectivity index (χ2v) is 7.36. The summed E-state index contributed by atoms with van der Waals surface area (Å²) in [6.07, 6.45) is 7.28. The van der Waals surface area contributed by atoms with Crippen LogP contribution in [0, 0.1) is 11.8 Å². The second-order valence-electron chi connectivity index (χ2n) is 7.36. The van der Waals surface area contributed by atoms with E-state index in [2.05, 4.69) is 39.5 Å². The maximum Gasteiger partial charge on any atom is 0.0132 e. The fraction of sp³-hybridized carbons (Fsp3) is 1.00. The van der Waals surface area contributed by atoms with Crippen LogP contribution in [0.4, 0.5) is 0 Å². The van der Waals surface area contributed by atoms with Gasteiger partial charge in [0, 0.05) is 17.6 Å². The van der Waals surface area contributed by atoms with Gasteiger partial charge >= 0.3 is 0 Å². The molecule has 0 bridgehead atoms. The Morgan fingerprint density at radius 1 is 1.19 bits per heavy atom. The van der Waals surface area contributed by atoms with E-state index >= 15 is 0 Å². The van der Waals surface area contributed by atoms with Crippen molar-refractivity contribution in [1.29, 1.82) is 0 Å². The lowest BCUT2D eigenvalue weighted by Crippen LogP contribution is -2.49. The van der Waals surface area contributed by atoms with Crippen molar-refractivity contribution >= 4 is 0 Å². The van der Waals surface area contributed by atoms with Crippen LogP contribution in [0.5, 0.6) is 0 Å². The van der Waals surface area contributed by atoms with Gasteiger partial charge in [-0.1, -0.05) is 20.3 Å². The van der Waals surface area contributed by atoms with Crippen molar-refractivity contribution in [1.82, 2.24) is 4.90 Å². The molecule has 2 rings (SSSR count). The number of rotatable bonds is 2. The maximum absolute atomic E-state index is 2.87. The van der Waals surface area contributed by atoms with Crippen LogP contribution in [-0.2, 0) is 0 Å². The third kappa shape index (κ3) is 2.30. The zero-order valence-electron chi connectivity index (χ0n) is 11.8. The zero-order valence-corrected chi connectivity index (χ0v) is 11.8. The predicted molar refractivity (Wildman–Crippen MR) is 70.6 cm³/mol. The van der Waals surface area contributed by atoms with Crippen LogP contribution < -0.4 is 0 Å². The minimum absolute atomic E-state index is 0.364. The topological polar surface area (TPSA) is 3.24 Å². The van der Waals surface area contributed by atoms with Gasteiger partial charge in [-0.2, -0.15) is 0 Å². The summed E-state index contributed by atoms with van der Waals surface area (Å²) < 4.78 is 0. The molecule has 0 N–H and O–H groups in total. The van der Waals surface area contributed by atoms with E-state index in [-0.39, 0.29) is 0 Å². The lowest BCUT2D eigenvalue weighted by atomic mass is 9.95. The molecule has 1 nitrogen and oxygen atoms in total. The maximum atomic E-state index is 2.87. The minimum Gasteiger partial charge on any atom is -0.292 e. The number of nitrogens with zero attached hydrogens (tertiary/aromatic N) is 1. The summed E-state index contributed by atoms with van der Waals surface area (Å²) in [5.41, 5.74) is 0.364. The largest absolute Gasteiger partial charge is 0.292 e. The third-order valence-electron chi connectivity index (χ3n) is 4.46. The van der Waals surface area contributed by atoms with Gasteiger partial charge < -0.3 is 0 Å². The highest BCUT2D eigenvalue weighted by Crippen LogP contribution is 2.45. The average Bonchev–Trinajstić information content (AvgIpc) is 2.58. The number of hydrogen-bond acceptors (Lipinski definition) is 1. The Morgan fingerprint density at radius 2 is 1.88 bits per heavy atom. The first-order valence-electron chi connectivity index (χ1n) is 7.18. The SMILES string of the molecule is CC(C)CC1CC2CCCC2N1C(C)(C)C. The van der Waals surface area contributed by atoms with Crippen LogP contribution in [0.3, 0.4) is 0 Å². The molecule has 0 spiro atoms. The molecule has 94 valence electrons. The van der Waals surface area contributed by atoms with E-state index < -0.39 is 0 Å². The van der Waals surface area contributed by atoms with Gasteiger partial charge in [0.1, 0.15) is 0 Å². The Labute approximate surface area is 102 Å². The summed E-state index contributed by atoms with van der Waals surface area (Å²) in [6.45, 7) is 12.0. The molecule has 0 aromatic carbocycles. The van der Waals surface area contributed by atoms with E-state index in [9.17, 15) is 0 Å². The molecule has 3 unspecified atom stereocenters. The van der Waals surface area contributed by atoms with E-state index in [1.807, 2.05) is 0 Å². The number of fused-ring (bicyclic) bond motifs is 1. The molecule has 1 aliphatic carbocycles. The normalized spacial score (nSPS) is 36.0. The Bertz CT molecular complexity index is 238. The molecule has 1 heterocycles. The number of hydrogen-bond donors (Lipinski definition) is 0. The molecule has 1 saturated carbocycles. The smallest absolute Gasteiger partial charge is 0.0132 e. The first-order chi connectivity index (χ1) is 7.39. The van der Waals surface area contributed by atoms with Crippen LogP contribution in [0.25, 0.3) is 0 Å². The van der Waals surface area contributed by atoms with Crippen molar-refractivity contribution in [2.75, 3.05) is 0 Å². The van der Waals surface area contributed by atoms with Gasteiger partial charge in [0.05, 0.1) is 0 Å². The van der Waals surface area contributed by atoms with Crippen molar-refractivity contribution < 1.29 is 0 Å². The Kier molecular flexibility index (Phi) is 3.36. The van der Waals surface area contributed by atoms with E-state index in [0.717, 1.165) is 23.9 Å². The van der Waals surface area contributed by atoms with Gasteiger partial charge in [-0.3, -0.25) is 4.90 Å². The van der Waals surface area contributed by atoms with Crippen molar-refractivity contribution in [3.05, 3.63) is 0 Å². The summed E-state index contributed by atoms with van der Waals surface area (Å²) in [5.74, 6) is 1.86. The molecule has 16 heavy (non-hydrogen) atoms. The minimum atomic E-state index is 0.364. The Balaban J connectivity index is 2.13. The monoisotopic (exact) mass is 223 g/mol. The van der Waals surface area contributed by atoms with Gasteiger partial charge in [0.25, 0.3) is 0 Å². The predicted octanol–water partition coefficient (Wildman–Crippen LogP) is 4.07. The quantitative estimate of drug-likeness (QED) is 0.682. The van der Waals surface area contributed by atoms with Gasteiger partial charge in [-0.05, 0) is 58.3 Å². The van der Waals surface area contributed by atoms with Crippen LogP contribution >= 0.6 is 0 Å². The van der Waals surface area contributed by atoms with Crippen LogP contribution in [0.15, 0.2) is 0 Å². The lowest BCUT2D eigenvalue weighted by molar-refractivity contribution is 0.0635. The van der Waals surface area contributed by atoms with Crippen molar-refractivity contribution in [2.45, 2.75) is 84.3 Å². The summed E-state index contributed by atoms with van der Waals surface area (Å²) in [5, 5.41) is 0. The first kappa shape index (κ1) is 12.4. The summed E-state index contributed by atoms with van der Waals surface area (Å²) in [4.78, 5) is 2.87. The Hall–Kier alpha value is -0.0400. The van der Waals surface area contributed by atoms with Crippen molar-refractivity contribution in [3.63, 3.8) is 0 Å². The molecule has 2 fully saturated rings. The van der Waals surface area contributed by atoms with E-state index in [1.165, 1.54) is 32.1 Å². The molecule has 0 radical (unpaired) electrons. The molecule has 1 aliphatic heterocycles. The lowest BCUT2D eigenvalue weighted by Gasteiger charge is -2.41. The van der Waals surface area contributed by atoms with E-state index in [1.54, 1.807) is 0 Å². The van der Waals surface area contributed by atoms with Gasteiger partial charge in [-0.25, -0.2) is 0 Å². The molecular weight excluding hydrogens is 194 g/mol. The van der Waals surface area contributed by atoms with Crippen LogP contribution in [0.2, 0.25) is 0 Å². The highest BCUT2D eigenvalue weighted by Gasteiger charge is 2.47. The summed E-state index contributed by atoms with van der Waals surface area (Å²) in [7, 11) is 0. The van der Waals surface area contributed by atoms with E-state index in [0.29, 0.717) is 5.54 Å². The highest BCUT2D eigenvalue weighted by atomic mass is 15.3. The fourth-order valence-corrected chi connectivity index (χ4v) is 4.19. The Morgan fingerprint density at radius 3 is 2.44 bits per heavy atom. The fourth-order valence-electron chi connectivity index (χ4n) is 4.19. The van der Waals surface area contributed by atoms with Gasteiger partial charge in [-0.15, -0.1) is 0 Å². The zero-order chi connectivity index (χ0) is 11.9. The second kappa shape index (κ2) is 4.33. The van der Waals surface area contributed by atoms with E-state index in [4.69, 9.17) is 0 Å². The van der Waals surface area contributed by atoms with Crippen molar-refractivity contribution in [2.24, 2.45) is 11.8 Å². The molecule has 1 heteroatoms.